The fraction of sp³-hybridized carbons (Fsp3) is 0.269. The van der Waals surface area contributed by atoms with Crippen molar-refractivity contribution in [1.82, 2.24) is 20.1 Å². The quantitative estimate of drug-likeness (QED) is 0.202. The number of carbonyl (C=O) groups excluding carboxylic acids is 3. The van der Waals surface area contributed by atoms with Crippen LogP contribution in [0.2, 0.25) is 0 Å². The number of nitrogens with zero attached hydrogens (tertiary/aromatic N) is 3. The van der Waals surface area contributed by atoms with E-state index >= 15 is 0 Å². The van der Waals surface area contributed by atoms with Crippen LogP contribution in [-0.4, -0.2) is 59.6 Å². The number of rotatable bonds is 12. The van der Waals surface area contributed by atoms with Crippen LogP contribution in [-0.2, 0) is 27.4 Å². The Kier molecular flexibility index (Phi) is 10.3. The second kappa shape index (κ2) is 13.8. The normalized spacial score (nSPS) is 10.7. The number of amides is 2. The molecule has 0 spiro atoms. The van der Waals surface area contributed by atoms with E-state index in [0.29, 0.717) is 34.7 Å². The zero-order valence-electron chi connectivity index (χ0n) is 21.5. The van der Waals surface area contributed by atoms with Crippen LogP contribution in [0.25, 0.3) is 6.08 Å². The van der Waals surface area contributed by atoms with E-state index in [1.54, 1.807) is 56.7 Å². The third kappa shape index (κ3) is 7.35. The Labute approximate surface area is 224 Å². The van der Waals surface area contributed by atoms with E-state index in [1.165, 1.54) is 24.9 Å². The molecule has 1 heterocycles. The highest BCUT2D eigenvalue weighted by molar-refractivity contribution is 7.99. The van der Waals surface area contributed by atoms with E-state index in [-0.39, 0.29) is 29.7 Å². The minimum Gasteiger partial charge on any atom is -0.493 e. The summed E-state index contributed by atoms with van der Waals surface area (Å²) in [5.74, 6) is 0.621. The van der Waals surface area contributed by atoms with Crippen LogP contribution in [0.4, 0.5) is 5.69 Å². The van der Waals surface area contributed by atoms with Gasteiger partial charge in [0.2, 0.25) is 11.8 Å². The molecular formula is C26H29N5O6S. The van der Waals surface area contributed by atoms with Crippen molar-refractivity contribution in [3.8, 4) is 11.5 Å². The van der Waals surface area contributed by atoms with Crippen molar-refractivity contribution in [1.29, 1.82) is 0 Å². The molecule has 0 aliphatic heterocycles. The van der Waals surface area contributed by atoms with Crippen molar-refractivity contribution in [2.24, 2.45) is 0 Å². The predicted molar refractivity (Wildman–Crippen MR) is 143 cm³/mol. The SMILES string of the molecule is CCn1c(CNC(=O)C=Cc2ccc(OC)c(OC)c2)nnc1SCC(=O)Nc1ccccc1C(=O)OC. The van der Waals surface area contributed by atoms with Crippen LogP contribution in [0.5, 0.6) is 11.5 Å². The van der Waals surface area contributed by atoms with Crippen LogP contribution < -0.4 is 20.1 Å². The van der Waals surface area contributed by atoms with Gasteiger partial charge in [-0.15, -0.1) is 10.2 Å². The number of esters is 1. The summed E-state index contributed by atoms with van der Waals surface area (Å²) < 4.78 is 17.1. The van der Waals surface area contributed by atoms with Crippen molar-refractivity contribution >= 4 is 41.3 Å². The molecule has 0 saturated heterocycles. The highest BCUT2D eigenvalue weighted by Gasteiger charge is 2.16. The largest absolute Gasteiger partial charge is 0.493 e. The Morgan fingerprint density at radius 3 is 2.50 bits per heavy atom. The fourth-order valence-electron chi connectivity index (χ4n) is 3.42. The van der Waals surface area contributed by atoms with E-state index in [0.717, 1.165) is 5.56 Å². The Bertz CT molecular complexity index is 1320. The predicted octanol–water partition coefficient (Wildman–Crippen LogP) is 3.16. The first-order valence-electron chi connectivity index (χ1n) is 11.6. The summed E-state index contributed by atoms with van der Waals surface area (Å²) in [6.07, 6.45) is 3.08. The molecule has 1 aromatic heterocycles. The highest BCUT2D eigenvalue weighted by atomic mass is 32.2. The van der Waals surface area contributed by atoms with Gasteiger partial charge in [0.25, 0.3) is 0 Å². The van der Waals surface area contributed by atoms with Gasteiger partial charge in [-0.05, 0) is 42.8 Å². The number of ether oxygens (including phenoxy) is 3. The van der Waals surface area contributed by atoms with Crippen molar-refractivity contribution in [3.05, 3.63) is 65.5 Å². The summed E-state index contributed by atoms with van der Waals surface area (Å²) in [4.78, 5) is 36.8. The first kappa shape index (κ1) is 28.3. The molecule has 0 fully saturated rings. The molecule has 38 heavy (non-hydrogen) atoms. The summed E-state index contributed by atoms with van der Waals surface area (Å²) >= 11 is 1.20. The van der Waals surface area contributed by atoms with E-state index in [1.807, 2.05) is 17.6 Å². The lowest BCUT2D eigenvalue weighted by atomic mass is 10.2. The minimum atomic E-state index is -0.537. The van der Waals surface area contributed by atoms with E-state index in [4.69, 9.17) is 14.2 Å². The van der Waals surface area contributed by atoms with Gasteiger partial charge >= 0.3 is 5.97 Å². The van der Waals surface area contributed by atoms with Gasteiger partial charge in [0, 0.05) is 12.6 Å². The van der Waals surface area contributed by atoms with E-state index in [2.05, 4.69) is 20.8 Å². The molecule has 0 aliphatic carbocycles. The summed E-state index contributed by atoms with van der Waals surface area (Å²) in [5.41, 5.74) is 1.41. The molecule has 11 nitrogen and oxygen atoms in total. The molecule has 200 valence electrons. The number of hydrogen-bond acceptors (Lipinski definition) is 9. The summed E-state index contributed by atoms with van der Waals surface area (Å²) in [6.45, 7) is 2.63. The Morgan fingerprint density at radius 1 is 1.03 bits per heavy atom. The topological polar surface area (TPSA) is 134 Å². The molecule has 0 atom stereocenters. The van der Waals surface area contributed by atoms with Gasteiger partial charge in [0.1, 0.15) is 0 Å². The van der Waals surface area contributed by atoms with Gasteiger partial charge in [-0.3, -0.25) is 9.59 Å². The maximum absolute atomic E-state index is 12.5. The molecule has 3 rings (SSSR count). The minimum absolute atomic E-state index is 0.0497. The van der Waals surface area contributed by atoms with E-state index < -0.39 is 5.97 Å². The summed E-state index contributed by atoms with van der Waals surface area (Å²) in [7, 11) is 4.38. The number of para-hydroxylation sites is 1. The Balaban J connectivity index is 1.56. The van der Waals surface area contributed by atoms with Crippen LogP contribution >= 0.6 is 11.8 Å². The van der Waals surface area contributed by atoms with Crippen LogP contribution in [0, 0.1) is 0 Å². The van der Waals surface area contributed by atoms with Crippen LogP contribution in [0.1, 0.15) is 28.7 Å². The number of thioether (sulfide) groups is 1. The first-order valence-corrected chi connectivity index (χ1v) is 12.6. The molecule has 0 aliphatic rings. The van der Waals surface area contributed by atoms with Crippen molar-refractivity contribution < 1.29 is 28.6 Å². The number of hydrogen-bond donors (Lipinski definition) is 2. The zero-order chi connectivity index (χ0) is 27.5. The molecule has 0 unspecified atom stereocenters. The molecule has 12 heteroatoms. The third-order valence-electron chi connectivity index (χ3n) is 5.30. The molecule has 0 radical (unpaired) electrons. The maximum atomic E-state index is 12.5. The molecule has 2 amide bonds. The molecular weight excluding hydrogens is 510 g/mol. The zero-order valence-corrected chi connectivity index (χ0v) is 22.3. The number of benzene rings is 2. The van der Waals surface area contributed by atoms with Crippen LogP contribution in [0.15, 0.2) is 53.7 Å². The number of methoxy groups -OCH3 is 3. The average Bonchev–Trinajstić information content (AvgIpc) is 3.35. The van der Waals surface area contributed by atoms with Crippen molar-refractivity contribution in [2.45, 2.75) is 25.2 Å². The van der Waals surface area contributed by atoms with Crippen molar-refractivity contribution in [3.63, 3.8) is 0 Å². The summed E-state index contributed by atoms with van der Waals surface area (Å²) in [5, 5.41) is 14.4. The van der Waals surface area contributed by atoms with Crippen LogP contribution in [0.3, 0.4) is 0 Å². The second-order valence-corrected chi connectivity index (χ2v) is 8.63. The number of carbonyl (C=O) groups is 3. The van der Waals surface area contributed by atoms with Gasteiger partial charge in [-0.1, -0.05) is 30.0 Å². The first-order chi connectivity index (χ1) is 18.4. The van der Waals surface area contributed by atoms with Gasteiger partial charge < -0.3 is 29.4 Å². The molecule has 0 bridgehead atoms. The lowest BCUT2D eigenvalue weighted by Crippen LogP contribution is -2.23. The smallest absolute Gasteiger partial charge is 0.339 e. The monoisotopic (exact) mass is 539 g/mol. The van der Waals surface area contributed by atoms with Crippen molar-refractivity contribution in [2.75, 3.05) is 32.4 Å². The molecule has 0 saturated carbocycles. The molecule has 3 aromatic rings. The van der Waals surface area contributed by atoms with E-state index in [9.17, 15) is 14.4 Å². The second-order valence-electron chi connectivity index (χ2n) is 7.68. The number of anilines is 1. The standard InChI is InChI=1S/C26H29N5O6S/c1-5-31-22(15-27-23(32)13-11-17-10-12-20(35-2)21(14-17)36-3)29-30-26(31)38-16-24(33)28-19-9-7-6-8-18(19)25(34)37-4/h6-14H,5,15-16H2,1-4H3,(H,27,32)(H,28,33). The van der Waals surface area contributed by atoms with Gasteiger partial charge in [-0.2, -0.15) is 0 Å². The lowest BCUT2D eigenvalue weighted by molar-refractivity contribution is -0.116. The highest BCUT2D eigenvalue weighted by Crippen LogP contribution is 2.28. The average molecular weight is 540 g/mol. The number of nitrogens with one attached hydrogen (secondary N) is 2. The van der Waals surface area contributed by atoms with Gasteiger partial charge in [0.05, 0.1) is 44.9 Å². The maximum Gasteiger partial charge on any atom is 0.339 e. The van der Waals surface area contributed by atoms with Gasteiger partial charge in [0.15, 0.2) is 22.5 Å². The number of aromatic nitrogens is 3. The molecule has 2 N–H and O–H groups in total. The Hall–Kier alpha value is -4.32. The Morgan fingerprint density at radius 2 is 1.79 bits per heavy atom. The molecule has 2 aromatic carbocycles. The lowest BCUT2D eigenvalue weighted by Gasteiger charge is -2.10. The summed E-state index contributed by atoms with van der Waals surface area (Å²) in [6, 6.07) is 11.9. The third-order valence-corrected chi connectivity index (χ3v) is 6.27. The fourth-order valence-corrected chi connectivity index (χ4v) is 4.25. The van der Waals surface area contributed by atoms with Gasteiger partial charge in [-0.25, -0.2) is 4.79 Å².